The molecular weight excluding hydrogens is 332 g/mol. The minimum absolute atomic E-state index is 0.0274. The lowest BCUT2D eigenvalue weighted by atomic mass is 10.0. The van der Waals surface area contributed by atoms with Gasteiger partial charge in [-0.15, -0.1) is 0 Å². The Morgan fingerprint density at radius 2 is 1.92 bits per heavy atom. The molecule has 0 radical (unpaired) electrons. The third-order valence-corrected chi connectivity index (χ3v) is 4.98. The average Bonchev–Trinajstić information content (AvgIpc) is 3.14. The highest BCUT2D eigenvalue weighted by atomic mass is 16.5. The minimum Gasteiger partial charge on any atom is -0.378 e. The Labute approximate surface area is 152 Å². The van der Waals surface area contributed by atoms with Gasteiger partial charge in [0.15, 0.2) is 11.6 Å². The summed E-state index contributed by atoms with van der Waals surface area (Å²) in [6.07, 6.45) is 1.88. The van der Waals surface area contributed by atoms with Crippen molar-refractivity contribution in [1.29, 1.82) is 0 Å². The number of benzene rings is 1. The van der Waals surface area contributed by atoms with Crippen molar-refractivity contribution < 1.29 is 14.1 Å². The Morgan fingerprint density at radius 3 is 2.65 bits per heavy atom. The monoisotopic (exact) mass is 356 g/mol. The van der Waals surface area contributed by atoms with Gasteiger partial charge in [0.1, 0.15) is 5.56 Å². The van der Waals surface area contributed by atoms with E-state index in [2.05, 4.69) is 10.1 Å². The van der Waals surface area contributed by atoms with E-state index in [-0.39, 0.29) is 11.9 Å². The highest BCUT2D eigenvalue weighted by Crippen LogP contribution is 2.33. The zero-order valence-corrected chi connectivity index (χ0v) is 14.8. The highest BCUT2D eigenvalue weighted by molar-refractivity contribution is 6.04. The Balaban J connectivity index is 1.73. The second-order valence-corrected chi connectivity index (χ2v) is 6.83. The van der Waals surface area contributed by atoms with E-state index in [0.29, 0.717) is 56.5 Å². The molecule has 2 saturated heterocycles. The fourth-order valence-electron chi connectivity index (χ4n) is 3.60. The predicted molar refractivity (Wildman–Crippen MR) is 98.1 cm³/mol. The van der Waals surface area contributed by atoms with Crippen molar-refractivity contribution in [2.24, 2.45) is 5.73 Å². The smallest absolute Gasteiger partial charge is 0.261 e. The van der Waals surface area contributed by atoms with Gasteiger partial charge in [-0.05, 0) is 12.8 Å². The standard InChI is InChI=1S/C19H24N4O3/c20-15-7-4-8-23(13-15)19(24)16-17(14-5-2-1-3-6-14)26-21-18(16)22-9-11-25-12-10-22/h1-3,5-6,15H,4,7-13,20H2/t15-/m0/s1. The summed E-state index contributed by atoms with van der Waals surface area (Å²) < 4.78 is 11.1. The van der Waals surface area contributed by atoms with Gasteiger partial charge < -0.3 is 24.8 Å². The van der Waals surface area contributed by atoms with Crippen molar-refractivity contribution in [3.63, 3.8) is 0 Å². The topological polar surface area (TPSA) is 84.8 Å². The fraction of sp³-hybridized carbons (Fsp3) is 0.474. The molecule has 0 spiro atoms. The van der Waals surface area contributed by atoms with Crippen LogP contribution in [0.4, 0.5) is 5.82 Å². The van der Waals surface area contributed by atoms with Gasteiger partial charge in [0.2, 0.25) is 0 Å². The normalized spacial score (nSPS) is 21.0. The molecule has 3 heterocycles. The number of hydrogen-bond acceptors (Lipinski definition) is 6. The number of piperidine rings is 1. The van der Waals surface area contributed by atoms with E-state index in [1.165, 1.54) is 0 Å². The van der Waals surface area contributed by atoms with Crippen LogP contribution in [0.5, 0.6) is 0 Å². The summed E-state index contributed by atoms with van der Waals surface area (Å²) in [6.45, 7) is 3.92. The number of aromatic nitrogens is 1. The lowest BCUT2D eigenvalue weighted by Crippen LogP contribution is -2.46. The van der Waals surface area contributed by atoms with Gasteiger partial charge in [-0.3, -0.25) is 4.79 Å². The maximum Gasteiger partial charge on any atom is 0.261 e. The second kappa shape index (κ2) is 7.47. The van der Waals surface area contributed by atoms with Crippen LogP contribution in [-0.2, 0) is 4.74 Å². The fourth-order valence-corrected chi connectivity index (χ4v) is 3.60. The highest BCUT2D eigenvalue weighted by Gasteiger charge is 2.32. The molecular formula is C19H24N4O3. The number of ether oxygens (including phenoxy) is 1. The summed E-state index contributed by atoms with van der Waals surface area (Å²) in [5.41, 5.74) is 7.47. The van der Waals surface area contributed by atoms with Crippen molar-refractivity contribution in [2.45, 2.75) is 18.9 Å². The Morgan fingerprint density at radius 1 is 1.15 bits per heavy atom. The van der Waals surface area contributed by atoms with E-state index in [0.717, 1.165) is 18.4 Å². The van der Waals surface area contributed by atoms with Gasteiger partial charge in [-0.25, -0.2) is 0 Å². The predicted octanol–water partition coefficient (Wildman–Crippen LogP) is 1.74. The van der Waals surface area contributed by atoms with Crippen LogP contribution in [0.2, 0.25) is 0 Å². The lowest BCUT2D eigenvalue weighted by molar-refractivity contribution is 0.0708. The number of anilines is 1. The number of likely N-dealkylation sites (tertiary alicyclic amines) is 1. The summed E-state index contributed by atoms with van der Waals surface area (Å²) in [7, 11) is 0. The summed E-state index contributed by atoms with van der Waals surface area (Å²) in [4.78, 5) is 17.3. The first-order valence-corrected chi connectivity index (χ1v) is 9.16. The number of carbonyl (C=O) groups is 1. The minimum atomic E-state index is -0.0539. The average molecular weight is 356 g/mol. The molecule has 138 valence electrons. The molecule has 0 unspecified atom stereocenters. The van der Waals surface area contributed by atoms with Crippen LogP contribution in [0.3, 0.4) is 0 Å². The van der Waals surface area contributed by atoms with Crippen LogP contribution in [0.15, 0.2) is 34.9 Å². The van der Waals surface area contributed by atoms with Crippen molar-refractivity contribution in [1.82, 2.24) is 10.1 Å². The maximum absolute atomic E-state index is 13.4. The molecule has 1 amide bonds. The largest absolute Gasteiger partial charge is 0.378 e. The second-order valence-electron chi connectivity index (χ2n) is 6.83. The van der Waals surface area contributed by atoms with E-state index in [1.54, 1.807) is 0 Å². The first kappa shape index (κ1) is 17.1. The van der Waals surface area contributed by atoms with E-state index in [4.69, 9.17) is 15.0 Å². The molecule has 2 N–H and O–H groups in total. The van der Waals surface area contributed by atoms with Gasteiger partial charge in [0.05, 0.1) is 13.2 Å². The van der Waals surface area contributed by atoms with Gasteiger partial charge in [-0.1, -0.05) is 35.5 Å². The molecule has 2 aliphatic rings. The number of carbonyl (C=O) groups excluding carboxylic acids is 1. The van der Waals surface area contributed by atoms with Crippen molar-refractivity contribution >= 4 is 11.7 Å². The molecule has 1 aromatic heterocycles. The zero-order valence-electron chi connectivity index (χ0n) is 14.8. The van der Waals surface area contributed by atoms with Crippen LogP contribution in [-0.4, -0.2) is 61.4 Å². The molecule has 1 atom stereocenters. The van der Waals surface area contributed by atoms with Gasteiger partial charge in [0.25, 0.3) is 5.91 Å². The van der Waals surface area contributed by atoms with E-state index in [9.17, 15) is 4.79 Å². The van der Waals surface area contributed by atoms with E-state index >= 15 is 0 Å². The third-order valence-electron chi connectivity index (χ3n) is 4.98. The number of hydrogen-bond donors (Lipinski definition) is 1. The maximum atomic E-state index is 13.4. The van der Waals surface area contributed by atoms with Crippen molar-refractivity contribution in [2.75, 3.05) is 44.3 Å². The lowest BCUT2D eigenvalue weighted by Gasteiger charge is -2.32. The van der Waals surface area contributed by atoms with Gasteiger partial charge in [-0.2, -0.15) is 0 Å². The van der Waals surface area contributed by atoms with E-state index in [1.807, 2.05) is 35.2 Å². The Kier molecular flexibility index (Phi) is 4.90. The Hall–Kier alpha value is -2.38. The van der Waals surface area contributed by atoms with Crippen LogP contribution in [0, 0.1) is 0 Å². The Bertz CT molecular complexity index is 755. The first-order valence-electron chi connectivity index (χ1n) is 9.16. The number of nitrogens with zero attached hydrogens (tertiary/aromatic N) is 3. The summed E-state index contributed by atoms with van der Waals surface area (Å²) in [5, 5.41) is 4.27. The molecule has 7 heteroatoms. The van der Waals surface area contributed by atoms with Gasteiger partial charge >= 0.3 is 0 Å². The van der Waals surface area contributed by atoms with E-state index < -0.39 is 0 Å². The molecule has 26 heavy (non-hydrogen) atoms. The number of rotatable bonds is 3. The van der Waals surface area contributed by atoms with Crippen LogP contribution in [0.25, 0.3) is 11.3 Å². The molecule has 2 aromatic rings. The van der Waals surface area contributed by atoms with Gasteiger partial charge in [0, 0.05) is 37.8 Å². The van der Waals surface area contributed by atoms with Crippen LogP contribution in [0.1, 0.15) is 23.2 Å². The molecule has 0 bridgehead atoms. The third kappa shape index (κ3) is 3.32. The van der Waals surface area contributed by atoms with Crippen molar-refractivity contribution in [3.8, 4) is 11.3 Å². The summed E-state index contributed by atoms with van der Waals surface area (Å²) in [6, 6.07) is 9.69. The number of nitrogens with two attached hydrogens (primary N) is 1. The van der Waals surface area contributed by atoms with Crippen molar-refractivity contribution in [3.05, 3.63) is 35.9 Å². The zero-order chi connectivity index (χ0) is 17.9. The molecule has 0 aliphatic carbocycles. The SMILES string of the molecule is N[C@H]1CCCN(C(=O)c2c(N3CCOCC3)noc2-c2ccccc2)C1. The molecule has 4 rings (SSSR count). The summed E-state index contributed by atoms with van der Waals surface area (Å²) >= 11 is 0. The summed E-state index contributed by atoms with van der Waals surface area (Å²) in [5.74, 6) is 1.08. The van der Waals surface area contributed by atoms with Crippen LogP contribution >= 0.6 is 0 Å². The molecule has 2 fully saturated rings. The number of morpholine rings is 1. The molecule has 2 aliphatic heterocycles. The molecule has 1 aromatic carbocycles. The first-order chi connectivity index (χ1) is 12.7. The number of amides is 1. The quantitative estimate of drug-likeness (QED) is 0.902. The molecule has 0 saturated carbocycles. The molecule has 7 nitrogen and oxygen atoms in total. The van der Waals surface area contributed by atoms with Crippen LogP contribution < -0.4 is 10.6 Å².